The number of rotatable bonds is 2. The Balaban J connectivity index is 3.46. The lowest BCUT2D eigenvalue weighted by atomic mass is 10.5. The number of likely N-dealkylation sites (N-methyl/N-ethyl adjacent to an activating group) is 1. The van der Waals surface area contributed by atoms with E-state index in [1.165, 1.54) is 4.90 Å². The van der Waals surface area contributed by atoms with Crippen molar-refractivity contribution >= 4 is 5.91 Å². The van der Waals surface area contributed by atoms with Gasteiger partial charge in [-0.3, -0.25) is 4.79 Å². The van der Waals surface area contributed by atoms with Gasteiger partial charge >= 0.3 is 0 Å². The molecule has 0 fully saturated rings. The first-order valence-corrected chi connectivity index (χ1v) is 2.36. The Bertz CT molecular complexity index is 83.4. The van der Waals surface area contributed by atoms with Gasteiger partial charge in [-0.05, 0) is 0 Å². The van der Waals surface area contributed by atoms with E-state index in [-0.39, 0.29) is 19.1 Å². The zero-order chi connectivity index (χ0) is 6.57. The molecule has 0 unspecified atom stereocenters. The predicted octanol–water partition coefficient (Wildman–Crippen LogP) is -1.68. The van der Waals surface area contributed by atoms with Crippen LogP contribution in [0.1, 0.15) is 0 Å². The van der Waals surface area contributed by atoms with Gasteiger partial charge in [0.05, 0.1) is 13.2 Å². The van der Waals surface area contributed by atoms with E-state index in [0.717, 1.165) is 0 Å². The summed E-state index contributed by atoms with van der Waals surface area (Å²) in [6.07, 6.45) is 0. The van der Waals surface area contributed by atoms with Gasteiger partial charge in [0.15, 0.2) is 0 Å². The molecule has 0 aliphatic carbocycles. The third-order valence-electron chi connectivity index (χ3n) is 0.874. The van der Waals surface area contributed by atoms with Crippen molar-refractivity contribution in [1.82, 2.24) is 4.90 Å². The Morgan fingerprint density at radius 1 is 1.62 bits per heavy atom. The maximum atomic E-state index is 10.5. The maximum Gasteiger partial charge on any atom is 0.237 e. The van der Waals surface area contributed by atoms with Crippen molar-refractivity contribution in [3.63, 3.8) is 0 Å². The zero-order valence-electron chi connectivity index (χ0n) is 4.92. The highest BCUT2D eigenvalue weighted by molar-refractivity contribution is 5.77. The minimum Gasteiger partial charge on any atom is -0.332 e. The standard InChI is InChI=1S/C4H11N3O/c1-7(3-6)4(8)2-5/h2-3,5-6H2,1H3. The third kappa shape index (κ3) is 1.90. The second-order valence-corrected chi connectivity index (χ2v) is 1.48. The minimum atomic E-state index is -0.132. The smallest absolute Gasteiger partial charge is 0.237 e. The molecule has 0 aromatic rings. The Kier molecular flexibility index (Phi) is 3.14. The van der Waals surface area contributed by atoms with Crippen molar-refractivity contribution in [3.05, 3.63) is 0 Å². The highest BCUT2D eigenvalue weighted by Crippen LogP contribution is 1.74. The molecule has 0 radical (unpaired) electrons. The van der Waals surface area contributed by atoms with E-state index in [9.17, 15) is 4.79 Å². The summed E-state index contributed by atoms with van der Waals surface area (Å²) >= 11 is 0. The topological polar surface area (TPSA) is 72.3 Å². The molecule has 0 aromatic heterocycles. The third-order valence-corrected chi connectivity index (χ3v) is 0.874. The summed E-state index contributed by atoms with van der Waals surface area (Å²) in [6, 6.07) is 0. The van der Waals surface area contributed by atoms with Gasteiger partial charge in [-0.1, -0.05) is 0 Å². The van der Waals surface area contributed by atoms with Crippen LogP contribution in [0, 0.1) is 0 Å². The molecule has 0 bridgehead atoms. The molecule has 48 valence electrons. The lowest BCUT2D eigenvalue weighted by molar-refractivity contribution is -0.128. The number of hydrogen-bond acceptors (Lipinski definition) is 3. The molecule has 1 amide bonds. The first-order valence-electron chi connectivity index (χ1n) is 2.36. The van der Waals surface area contributed by atoms with Crippen LogP contribution in [0.4, 0.5) is 0 Å². The molecule has 0 aromatic carbocycles. The quantitative estimate of drug-likeness (QED) is 0.424. The Hall–Kier alpha value is -0.610. The second kappa shape index (κ2) is 3.40. The Morgan fingerprint density at radius 2 is 2.12 bits per heavy atom. The normalized spacial score (nSPS) is 8.88. The van der Waals surface area contributed by atoms with Crippen molar-refractivity contribution in [2.75, 3.05) is 20.3 Å². The highest BCUT2D eigenvalue weighted by atomic mass is 16.2. The van der Waals surface area contributed by atoms with Crippen LogP contribution in [0.25, 0.3) is 0 Å². The van der Waals surface area contributed by atoms with Gasteiger partial charge in [0.1, 0.15) is 0 Å². The van der Waals surface area contributed by atoms with E-state index < -0.39 is 0 Å². The summed E-state index contributed by atoms with van der Waals surface area (Å²) in [6.45, 7) is 0.268. The molecular weight excluding hydrogens is 106 g/mol. The van der Waals surface area contributed by atoms with Gasteiger partial charge in [-0.15, -0.1) is 0 Å². The number of hydrogen-bond donors (Lipinski definition) is 2. The molecule has 0 saturated carbocycles. The van der Waals surface area contributed by atoms with Crippen molar-refractivity contribution in [2.45, 2.75) is 0 Å². The van der Waals surface area contributed by atoms with Crippen LogP contribution >= 0.6 is 0 Å². The lowest BCUT2D eigenvalue weighted by Gasteiger charge is -2.11. The van der Waals surface area contributed by atoms with Crippen LogP contribution in [0.3, 0.4) is 0 Å². The molecular formula is C4H11N3O. The summed E-state index contributed by atoms with van der Waals surface area (Å²) in [5.74, 6) is -0.132. The minimum absolute atomic E-state index is 0.0354. The largest absolute Gasteiger partial charge is 0.332 e. The van der Waals surface area contributed by atoms with Gasteiger partial charge in [0, 0.05) is 7.05 Å². The van der Waals surface area contributed by atoms with Crippen LogP contribution in [-0.4, -0.2) is 31.1 Å². The second-order valence-electron chi connectivity index (χ2n) is 1.48. The average molecular weight is 117 g/mol. The van der Waals surface area contributed by atoms with Crippen molar-refractivity contribution in [3.8, 4) is 0 Å². The molecule has 0 saturated heterocycles. The first kappa shape index (κ1) is 7.39. The number of amides is 1. The number of nitrogens with two attached hydrogens (primary N) is 2. The molecule has 4 N–H and O–H groups in total. The molecule has 0 aliphatic rings. The monoisotopic (exact) mass is 117 g/mol. The van der Waals surface area contributed by atoms with Crippen LogP contribution in [0.5, 0.6) is 0 Å². The Morgan fingerprint density at radius 3 is 2.25 bits per heavy atom. The van der Waals surface area contributed by atoms with E-state index in [2.05, 4.69) is 0 Å². The summed E-state index contributed by atoms with van der Waals surface area (Å²) < 4.78 is 0. The van der Waals surface area contributed by atoms with Gasteiger partial charge < -0.3 is 16.4 Å². The Labute approximate surface area is 48.4 Å². The molecule has 0 aliphatic heterocycles. The fraction of sp³-hybridized carbons (Fsp3) is 0.750. The first-order chi connectivity index (χ1) is 3.72. The van der Waals surface area contributed by atoms with Crippen LogP contribution < -0.4 is 11.5 Å². The van der Waals surface area contributed by atoms with Crippen LogP contribution in [0.2, 0.25) is 0 Å². The molecule has 4 heteroatoms. The molecule has 0 heterocycles. The van der Waals surface area contributed by atoms with Crippen LogP contribution in [0.15, 0.2) is 0 Å². The van der Waals surface area contributed by atoms with E-state index in [1.54, 1.807) is 7.05 Å². The molecule has 0 rings (SSSR count). The zero-order valence-corrected chi connectivity index (χ0v) is 4.92. The molecule has 0 atom stereocenters. The number of carbonyl (C=O) groups is 1. The highest BCUT2D eigenvalue weighted by Gasteiger charge is 2.00. The number of carbonyl (C=O) groups excluding carboxylic acids is 1. The van der Waals surface area contributed by atoms with Gasteiger partial charge in [0.25, 0.3) is 0 Å². The predicted molar refractivity (Wildman–Crippen MR) is 30.9 cm³/mol. The van der Waals surface area contributed by atoms with Crippen LogP contribution in [-0.2, 0) is 4.79 Å². The van der Waals surface area contributed by atoms with E-state index >= 15 is 0 Å². The summed E-state index contributed by atoms with van der Waals surface area (Å²) in [4.78, 5) is 11.8. The average Bonchev–Trinajstić information content (AvgIpc) is 1.84. The molecule has 0 spiro atoms. The summed E-state index contributed by atoms with van der Waals surface area (Å²) in [5.41, 5.74) is 10.1. The van der Waals surface area contributed by atoms with Crippen molar-refractivity contribution in [1.29, 1.82) is 0 Å². The summed E-state index contributed by atoms with van der Waals surface area (Å²) in [7, 11) is 1.61. The van der Waals surface area contributed by atoms with Gasteiger partial charge in [-0.2, -0.15) is 0 Å². The fourth-order valence-corrected chi connectivity index (χ4v) is 0.258. The maximum absolute atomic E-state index is 10.5. The molecule has 4 nitrogen and oxygen atoms in total. The molecule has 8 heavy (non-hydrogen) atoms. The van der Waals surface area contributed by atoms with Gasteiger partial charge in [0.2, 0.25) is 5.91 Å². The van der Waals surface area contributed by atoms with E-state index in [1.807, 2.05) is 0 Å². The summed E-state index contributed by atoms with van der Waals surface area (Å²) in [5, 5.41) is 0. The van der Waals surface area contributed by atoms with Crippen molar-refractivity contribution in [2.24, 2.45) is 11.5 Å². The van der Waals surface area contributed by atoms with Gasteiger partial charge in [-0.25, -0.2) is 0 Å². The number of nitrogens with zero attached hydrogens (tertiary/aromatic N) is 1. The lowest BCUT2D eigenvalue weighted by Crippen LogP contribution is -2.36. The van der Waals surface area contributed by atoms with E-state index in [0.29, 0.717) is 0 Å². The SMILES string of the molecule is CN(CN)C(=O)CN. The fourth-order valence-electron chi connectivity index (χ4n) is 0.258. The van der Waals surface area contributed by atoms with E-state index in [4.69, 9.17) is 11.5 Å². The van der Waals surface area contributed by atoms with Crippen molar-refractivity contribution < 1.29 is 4.79 Å².